The lowest BCUT2D eigenvalue weighted by molar-refractivity contribution is -0.124. The smallest absolute Gasteiger partial charge is 0.256 e. The lowest BCUT2D eigenvalue weighted by atomic mass is 9.86. The Morgan fingerprint density at radius 3 is 2.37 bits per heavy atom. The zero-order valence-electron chi connectivity index (χ0n) is 21.4. The third-order valence-electron chi connectivity index (χ3n) is 6.18. The van der Waals surface area contributed by atoms with E-state index in [4.69, 9.17) is 4.74 Å². The van der Waals surface area contributed by atoms with Crippen molar-refractivity contribution in [3.05, 3.63) is 95.1 Å². The van der Waals surface area contributed by atoms with Crippen LogP contribution in [0, 0.1) is 19.3 Å². The van der Waals surface area contributed by atoms with Crippen LogP contribution in [0.1, 0.15) is 53.7 Å². The van der Waals surface area contributed by atoms with Crippen molar-refractivity contribution >= 4 is 17.5 Å². The highest BCUT2D eigenvalue weighted by molar-refractivity contribution is 6.04. The molecule has 0 aromatic heterocycles. The Hall–Kier alpha value is -3.60. The van der Waals surface area contributed by atoms with E-state index in [2.05, 4.69) is 17.4 Å². The maximum atomic E-state index is 13.2. The number of ether oxygens (including phenoxy) is 1. The fourth-order valence-electron chi connectivity index (χ4n) is 3.88. The maximum Gasteiger partial charge on any atom is 0.256 e. The fourth-order valence-corrected chi connectivity index (χ4v) is 3.88. The molecular formula is C30H36N2O3. The molecule has 0 unspecified atom stereocenters. The third-order valence-corrected chi connectivity index (χ3v) is 6.18. The highest BCUT2D eigenvalue weighted by Gasteiger charge is 2.28. The Balaban J connectivity index is 1.59. The topological polar surface area (TPSA) is 58.6 Å². The van der Waals surface area contributed by atoms with Crippen LogP contribution in [0.15, 0.2) is 72.8 Å². The molecule has 3 aromatic carbocycles. The van der Waals surface area contributed by atoms with Gasteiger partial charge >= 0.3 is 0 Å². The Morgan fingerprint density at radius 2 is 1.63 bits per heavy atom. The molecule has 5 nitrogen and oxygen atoms in total. The van der Waals surface area contributed by atoms with Gasteiger partial charge in [0.25, 0.3) is 5.91 Å². The first-order chi connectivity index (χ1) is 16.7. The van der Waals surface area contributed by atoms with E-state index in [1.165, 1.54) is 0 Å². The summed E-state index contributed by atoms with van der Waals surface area (Å²) >= 11 is 0. The van der Waals surface area contributed by atoms with Gasteiger partial charge in [0, 0.05) is 19.0 Å². The summed E-state index contributed by atoms with van der Waals surface area (Å²) in [4.78, 5) is 28.0. The maximum absolute atomic E-state index is 13.2. The van der Waals surface area contributed by atoms with E-state index in [0.29, 0.717) is 30.8 Å². The number of nitrogens with one attached hydrogen (secondary N) is 1. The molecule has 0 aliphatic rings. The summed E-state index contributed by atoms with van der Waals surface area (Å²) in [7, 11) is 1.77. The highest BCUT2D eigenvalue weighted by atomic mass is 16.5. The zero-order chi connectivity index (χ0) is 25.4. The van der Waals surface area contributed by atoms with Crippen LogP contribution in [0.4, 0.5) is 5.69 Å². The van der Waals surface area contributed by atoms with Crippen molar-refractivity contribution in [1.29, 1.82) is 0 Å². The number of hydrogen-bond donors (Lipinski definition) is 1. The number of rotatable bonds is 10. The van der Waals surface area contributed by atoms with Gasteiger partial charge in [-0.2, -0.15) is 0 Å². The molecular weight excluding hydrogens is 436 g/mol. The first-order valence-corrected chi connectivity index (χ1v) is 12.1. The van der Waals surface area contributed by atoms with E-state index < -0.39 is 5.41 Å². The van der Waals surface area contributed by atoms with Gasteiger partial charge in [-0.1, -0.05) is 68.4 Å². The summed E-state index contributed by atoms with van der Waals surface area (Å²) in [6.07, 6.45) is 1.40. The second kappa shape index (κ2) is 11.7. The molecule has 35 heavy (non-hydrogen) atoms. The monoisotopic (exact) mass is 472 g/mol. The quantitative estimate of drug-likeness (QED) is 0.347. The van der Waals surface area contributed by atoms with E-state index in [0.717, 1.165) is 28.9 Å². The second-order valence-electron chi connectivity index (χ2n) is 9.75. The summed E-state index contributed by atoms with van der Waals surface area (Å²) in [6.45, 7) is 8.95. The number of anilines is 1. The van der Waals surface area contributed by atoms with Crippen molar-refractivity contribution in [3.8, 4) is 5.75 Å². The summed E-state index contributed by atoms with van der Waals surface area (Å²) in [5, 5.41) is 3.00. The average Bonchev–Trinajstić information content (AvgIpc) is 2.84. The fraction of sp³-hybridized carbons (Fsp3) is 0.333. The molecule has 3 rings (SSSR count). The second-order valence-corrected chi connectivity index (χ2v) is 9.75. The third kappa shape index (κ3) is 7.19. The standard InChI is InChI=1S/C30H36N2O3/c1-22-16-17-23(2)27(20-22)35-19-11-18-30(3,4)29(34)31-26-15-10-9-14-25(26)28(33)32(5)21-24-12-7-6-8-13-24/h6-10,12-17,20H,11,18-19,21H2,1-5H3,(H,31,34). The average molecular weight is 473 g/mol. The molecule has 0 bridgehead atoms. The van der Waals surface area contributed by atoms with Crippen LogP contribution in [-0.4, -0.2) is 30.4 Å². The minimum Gasteiger partial charge on any atom is -0.493 e. The van der Waals surface area contributed by atoms with Crippen molar-refractivity contribution in [1.82, 2.24) is 4.90 Å². The molecule has 0 saturated carbocycles. The summed E-state index contributed by atoms with van der Waals surface area (Å²) in [5.74, 6) is 0.638. The van der Waals surface area contributed by atoms with Gasteiger partial charge in [-0.25, -0.2) is 0 Å². The molecule has 0 aliphatic heterocycles. The molecule has 0 fully saturated rings. The molecule has 0 radical (unpaired) electrons. The van der Waals surface area contributed by atoms with Gasteiger partial charge in [-0.3, -0.25) is 9.59 Å². The SMILES string of the molecule is Cc1ccc(C)c(OCCCC(C)(C)C(=O)Nc2ccccc2C(=O)N(C)Cc2ccccc2)c1. The predicted octanol–water partition coefficient (Wildman–Crippen LogP) is 6.40. The van der Waals surface area contributed by atoms with Crippen molar-refractivity contribution < 1.29 is 14.3 Å². The Morgan fingerprint density at radius 1 is 0.943 bits per heavy atom. The van der Waals surface area contributed by atoms with Crippen molar-refractivity contribution in [2.45, 2.75) is 47.1 Å². The van der Waals surface area contributed by atoms with E-state index in [-0.39, 0.29) is 11.8 Å². The summed E-state index contributed by atoms with van der Waals surface area (Å²) in [5.41, 5.74) is 3.71. The Labute approximate surface area is 209 Å². The number of carbonyl (C=O) groups excluding carboxylic acids is 2. The van der Waals surface area contributed by atoms with Crippen molar-refractivity contribution in [2.24, 2.45) is 5.41 Å². The number of nitrogens with zero attached hydrogens (tertiary/aromatic N) is 1. The number of hydrogen-bond acceptors (Lipinski definition) is 3. The first-order valence-electron chi connectivity index (χ1n) is 12.1. The van der Waals surface area contributed by atoms with E-state index in [1.54, 1.807) is 24.1 Å². The minimum atomic E-state index is -0.614. The zero-order valence-corrected chi connectivity index (χ0v) is 21.4. The van der Waals surface area contributed by atoms with Gasteiger partial charge in [0.15, 0.2) is 0 Å². The van der Waals surface area contributed by atoms with E-state index in [1.807, 2.05) is 76.2 Å². The van der Waals surface area contributed by atoms with Crippen molar-refractivity contribution in [2.75, 3.05) is 19.0 Å². The number of aryl methyl sites for hydroxylation is 2. The largest absolute Gasteiger partial charge is 0.493 e. The van der Waals surface area contributed by atoms with Crippen LogP contribution in [-0.2, 0) is 11.3 Å². The van der Waals surface area contributed by atoms with Gasteiger partial charge in [-0.15, -0.1) is 0 Å². The molecule has 0 atom stereocenters. The molecule has 5 heteroatoms. The van der Waals surface area contributed by atoms with Gasteiger partial charge in [0.05, 0.1) is 17.9 Å². The lowest BCUT2D eigenvalue weighted by Crippen LogP contribution is -2.33. The van der Waals surface area contributed by atoms with Crippen LogP contribution in [0.5, 0.6) is 5.75 Å². The van der Waals surface area contributed by atoms with Crippen LogP contribution >= 0.6 is 0 Å². The van der Waals surface area contributed by atoms with Crippen molar-refractivity contribution in [3.63, 3.8) is 0 Å². The molecule has 0 aliphatic carbocycles. The number of amides is 2. The first kappa shape index (κ1) is 26.0. The molecule has 3 aromatic rings. The molecule has 0 heterocycles. The van der Waals surface area contributed by atoms with Crippen LogP contribution in [0.2, 0.25) is 0 Å². The van der Waals surface area contributed by atoms with Gasteiger partial charge in [0.2, 0.25) is 5.91 Å². The molecule has 1 N–H and O–H groups in total. The Kier molecular flexibility index (Phi) is 8.69. The number of carbonyl (C=O) groups is 2. The molecule has 2 amide bonds. The normalized spacial score (nSPS) is 11.1. The molecule has 184 valence electrons. The van der Waals surface area contributed by atoms with Gasteiger partial charge in [0.1, 0.15) is 5.75 Å². The Bertz CT molecular complexity index is 1160. The van der Waals surface area contributed by atoms with Gasteiger partial charge < -0.3 is 15.0 Å². The minimum absolute atomic E-state index is 0.116. The summed E-state index contributed by atoms with van der Waals surface area (Å²) in [6, 6.07) is 23.2. The molecule has 0 saturated heterocycles. The van der Waals surface area contributed by atoms with Crippen LogP contribution in [0.25, 0.3) is 0 Å². The predicted molar refractivity (Wildman–Crippen MR) is 142 cm³/mol. The highest BCUT2D eigenvalue weighted by Crippen LogP contribution is 2.27. The van der Waals surface area contributed by atoms with E-state index in [9.17, 15) is 9.59 Å². The molecule has 0 spiro atoms. The summed E-state index contributed by atoms with van der Waals surface area (Å²) < 4.78 is 5.95. The number of benzene rings is 3. The number of para-hydroxylation sites is 1. The van der Waals surface area contributed by atoms with Crippen LogP contribution < -0.4 is 10.1 Å². The van der Waals surface area contributed by atoms with E-state index >= 15 is 0 Å². The van der Waals surface area contributed by atoms with Gasteiger partial charge in [-0.05, 0) is 61.6 Å². The lowest BCUT2D eigenvalue weighted by Gasteiger charge is -2.25. The van der Waals surface area contributed by atoms with Crippen LogP contribution in [0.3, 0.4) is 0 Å².